The Balaban J connectivity index is 1.63. The lowest BCUT2D eigenvalue weighted by Gasteiger charge is -2.16. The van der Waals surface area contributed by atoms with Crippen molar-refractivity contribution in [1.29, 1.82) is 0 Å². The SMILES string of the molecule is CN(Cc1ccccc1)C(=O)c1cnc(NC2CC2)cn1. The van der Waals surface area contributed by atoms with Crippen LogP contribution in [0.1, 0.15) is 28.9 Å². The Hall–Kier alpha value is -2.43. The van der Waals surface area contributed by atoms with E-state index in [2.05, 4.69) is 15.3 Å². The van der Waals surface area contributed by atoms with Crippen LogP contribution in [0.5, 0.6) is 0 Å². The van der Waals surface area contributed by atoms with E-state index in [9.17, 15) is 4.79 Å². The fraction of sp³-hybridized carbons (Fsp3) is 0.312. The van der Waals surface area contributed by atoms with E-state index in [1.165, 1.54) is 19.0 Å². The molecule has 1 heterocycles. The highest BCUT2D eigenvalue weighted by Crippen LogP contribution is 2.23. The van der Waals surface area contributed by atoms with Crippen molar-refractivity contribution in [2.75, 3.05) is 12.4 Å². The topological polar surface area (TPSA) is 58.1 Å². The normalized spacial score (nSPS) is 13.8. The van der Waals surface area contributed by atoms with Crippen molar-refractivity contribution < 1.29 is 4.79 Å². The maximum atomic E-state index is 12.3. The zero-order valence-electron chi connectivity index (χ0n) is 12.0. The van der Waals surface area contributed by atoms with Crippen LogP contribution in [-0.4, -0.2) is 33.9 Å². The molecular formula is C16H18N4O. The van der Waals surface area contributed by atoms with E-state index in [-0.39, 0.29) is 5.91 Å². The van der Waals surface area contributed by atoms with Crippen molar-refractivity contribution in [3.63, 3.8) is 0 Å². The van der Waals surface area contributed by atoms with Crippen LogP contribution in [0, 0.1) is 0 Å². The van der Waals surface area contributed by atoms with Gasteiger partial charge in [-0.1, -0.05) is 30.3 Å². The number of nitrogens with zero attached hydrogens (tertiary/aromatic N) is 3. The summed E-state index contributed by atoms with van der Waals surface area (Å²) >= 11 is 0. The highest BCUT2D eigenvalue weighted by atomic mass is 16.2. The van der Waals surface area contributed by atoms with Crippen LogP contribution in [0.15, 0.2) is 42.7 Å². The molecule has 0 saturated heterocycles. The van der Waals surface area contributed by atoms with E-state index in [1.807, 2.05) is 30.3 Å². The summed E-state index contributed by atoms with van der Waals surface area (Å²) in [6, 6.07) is 10.4. The molecule has 0 aliphatic heterocycles. The van der Waals surface area contributed by atoms with E-state index in [0.29, 0.717) is 18.3 Å². The molecule has 2 aromatic rings. The van der Waals surface area contributed by atoms with E-state index < -0.39 is 0 Å². The molecule has 1 aromatic heterocycles. The second-order valence-corrected chi connectivity index (χ2v) is 5.35. The van der Waals surface area contributed by atoms with Gasteiger partial charge in [0.05, 0.1) is 12.4 Å². The summed E-state index contributed by atoms with van der Waals surface area (Å²) in [6.07, 6.45) is 5.53. The number of rotatable bonds is 5. The molecule has 0 unspecified atom stereocenters. The highest BCUT2D eigenvalue weighted by Gasteiger charge is 2.21. The first-order chi connectivity index (χ1) is 10.2. The van der Waals surface area contributed by atoms with E-state index in [0.717, 1.165) is 11.4 Å². The Labute approximate surface area is 124 Å². The molecular weight excluding hydrogens is 264 g/mol. The van der Waals surface area contributed by atoms with Gasteiger partial charge in [0, 0.05) is 19.6 Å². The number of anilines is 1. The van der Waals surface area contributed by atoms with E-state index in [1.54, 1.807) is 18.1 Å². The fourth-order valence-corrected chi connectivity index (χ4v) is 2.07. The van der Waals surface area contributed by atoms with Crippen molar-refractivity contribution in [3.8, 4) is 0 Å². The molecule has 1 amide bonds. The van der Waals surface area contributed by atoms with Gasteiger partial charge in [-0.3, -0.25) is 4.79 Å². The van der Waals surface area contributed by atoms with Crippen LogP contribution in [-0.2, 0) is 6.54 Å². The first-order valence-corrected chi connectivity index (χ1v) is 7.10. The molecule has 1 aliphatic carbocycles. The third-order valence-electron chi connectivity index (χ3n) is 3.41. The predicted molar refractivity (Wildman–Crippen MR) is 80.9 cm³/mol. The van der Waals surface area contributed by atoms with Crippen molar-refractivity contribution in [1.82, 2.24) is 14.9 Å². The Kier molecular flexibility index (Phi) is 3.81. The average molecular weight is 282 g/mol. The number of amides is 1. The smallest absolute Gasteiger partial charge is 0.274 e. The molecule has 0 radical (unpaired) electrons. The highest BCUT2D eigenvalue weighted by molar-refractivity contribution is 5.91. The molecule has 0 atom stereocenters. The molecule has 5 heteroatoms. The molecule has 0 bridgehead atoms. The second kappa shape index (κ2) is 5.91. The number of hydrogen-bond donors (Lipinski definition) is 1. The molecule has 108 valence electrons. The molecule has 0 spiro atoms. The lowest BCUT2D eigenvalue weighted by molar-refractivity contribution is 0.0779. The van der Waals surface area contributed by atoms with Gasteiger partial charge in [0.25, 0.3) is 5.91 Å². The first kappa shape index (κ1) is 13.5. The Bertz CT molecular complexity index is 608. The molecule has 1 aromatic carbocycles. The Morgan fingerprint density at radius 3 is 2.62 bits per heavy atom. The maximum absolute atomic E-state index is 12.3. The van der Waals surface area contributed by atoms with Crippen LogP contribution in [0.4, 0.5) is 5.82 Å². The van der Waals surface area contributed by atoms with Gasteiger partial charge in [-0.15, -0.1) is 0 Å². The zero-order chi connectivity index (χ0) is 14.7. The molecule has 5 nitrogen and oxygen atoms in total. The lowest BCUT2D eigenvalue weighted by atomic mass is 10.2. The Morgan fingerprint density at radius 1 is 1.24 bits per heavy atom. The maximum Gasteiger partial charge on any atom is 0.274 e. The number of carbonyl (C=O) groups is 1. The van der Waals surface area contributed by atoms with Gasteiger partial charge in [0.15, 0.2) is 0 Å². The van der Waals surface area contributed by atoms with Crippen LogP contribution >= 0.6 is 0 Å². The fourth-order valence-electron chi connectivity index (χ4n) is 2.07. The van der Waals surface area contributed by atoms with Crippen LogP contribution in [0.3, 0.4) is 0 Å². The van der Waals surface area contributed by atoms with Crippen molar-refractivity contribution >= 4 is 11.7 Å². The largest absolute Gasteiger partial charge is 0.366 e. The van der Waals surface area contributed by atoms with Crippen LogP contribution in [0.2, 0.25) is 0 Å². The summed E-state index contributed by atoms with van der Waals surface area (Å²) in [5.74, 6) is 0.615. The van der Waals surface area contributed by atoms with Crippen molar-refractivity contribution in [2.45, 2.75) is 25.4 Å². The van der Waals surface area contributed by atoms with Crippen molar-refractivity contribution in [2.24, 2.45) is 0 Å². The number of hydrogen-bond acceptors (Lipinski definition) is 4. The first-order valence-electron chi connectivity index (χ1n) is 7.10. The average Bonchev–Trinajstić information content (AvgIpc) is 3.32. The van der Waals surface area contributed by atoms with Gasteiger partial charge in [-0.25, -0.2) is 9.97 Å². The van der Waals surface area contributed by atoms with Crippen LogP contribution in [0.25, 0.3) is 0 Å². The second-order valence-electron chi connectivity index (χ2n) is 5.35. The number of aromatic nitrogens is 2. The molecule has 1 aliphatic rings. The van der Waals surface area contributed by atoms with Crippen molar-refractivity contribution in [3.05, 3.63) is 54.0 Å². The minimum Gasteiger partial charge on any atom is -0.366 e. The van der Waals surface area contributed by atoms with E-state index in [4.69, 9.17) is 0 Å². The number of nitrogens with one attached hydrogen (secondary N) is 1. The summed E-state index contributed by atoms with van der Waals surface area (Å²) < 4.78 is 0. The third kappa shape index (κ3) is 3.56. The van der Waals surface area contributed by atoms with Gasteiger partial charge >= 0.3 is 0 Å². The molecule has 1 fully saturated rings. The minimum absolute atomic E-state index is 0.121. The number of benzene rings is 1. The van der Waals surface area contributed by atoms with Crippen LogP contribution < -0.4 is 5.32 Å². The molecule has 3 rings (SSSR count). The van der Waals surface area contributed by atoms with Gasteiger partial charge in [0.1, 0.15) is 11.5 Å². The Morgan fingerprint density at radius 2 is 2.00 bits per heavy atom. The molecule has 1 saturated carbocycles. The quantitative estimate of drug-likeness (QED) is 0.914. The molecule has 21 heavy (non-hydrogen) atoms. The predicted octanol–water partition coefficient (Wildman–Crippen LogP) is 2.32. The zero-order valence-corrected chi connectivity index (χ0v) is 12.0. The summed E-state index contributed by atoms with van der Waals surface area (Å²) in [5.41, 5.74) is 1.46. The van der Waals surface area contributed by atoms with Gasteiger partial charge in [-0.2, -0.15) is 0 Å². The standard InChI is InChI=1S/C16H18N4O/c1-20(11-12-5-3-2-4-6-12)16(21)14-9-18-15(10-17-14)19-13-7-8-13/h2-6,9-10,13H,7-8,11H2,1H3,(H,18,19). The third-order valence-corrected chi connectivity index (χ3v) is 3.41. The van der Waals surface area contributed by atoms with Gasteiger partial charge in [0.2, 0.25) is 0 Å². The summed E-state index contributed by atoms with van der Waals surface area (Å²) in [7, 11) is 1.77. The summed E-state index contributed by atoms with van der Waals surface area (Å²) in [4.78, 5) is 22.4. The van der Waals surface area contributed by atoms with Gasteiger partial charge < -0.3 is 10.2 Å². The number of carbonyl (C=O) groups excluding carboxylic acids is 1. The monoisotopic (exact) mass is 282 g/mol. The minimum atomic E-state index is -0.121. The van der Waals surface area contributed by atoms with Gasteiger partial charge in [-0.05, 0) is 18.4 Å². The summed E-state index contributed by atoms with van der Waals surface area (Å²) in [6.45, 7) is 0.559. The summed E-state index contributed by atoms with van der Waals surface area (Å²) in [5, 5.41) is 3.25. The molecule has 1 N–H and O–H groups in total. The lowest BCUT2D eigenvalue weighted by Crippen LogP contribution is -2.27. The van der Waals surface area contributed by atoms with E-state index >= 15 is 0 Å².